The lowest BCUT2D eigenvalue weighted by Crippen LogP contribution is -2.40. The maximum absolute atomic E-state index is 5.93. The van der Waals surface area contributed by atoms with Gasteiger partial charge in [-0.3, -0.25) is 0 Å². The summed E-state index contributed by atoms with van der Waals surface area (Å²) >= 11 is 0. The Morgan fingerprint density at radius 1 is 1.24 bits per heavy atom. The summed E-state index contributed by atoms with van der Waals surface area (Å²) in [6, 6.07) is 4.71. The molecule has 0 bridgehead atoms. The van der Waals surface area contributed by atoms with Crippen molar-refractivity contribution in [3.63, 3.8) is 0 Å². The molecule has 2 fully saturated rings. The van der Waals surface area contributed by atoms with Crippen LogP contribution in [0.25, 0.3) is 6.08 Å². The van der Waals surface area contributed by atoms with Gasteiger partial charge >= 0.3 is 0 Å². The molecule has 0 heterocycles. The second-order valence-corrected chi connectivity index (χ2v) is 8.45. The zero-order chi connectivity index (χ0) is 17.6. The van der Waals surface area contributed by atoms with Gasteiger partial charge in [0.15, 0.2) is 0 Å². The first-order chi connectivity index (χ1) is 12.1. The van der Waals surface area contributed by atoms with E-state index in [1.54, 1.807) is 16.7 Å². The monoisotopic (exact) mass is 336 g/mol. The standard InChI is InChI=1S/C24H32O/c1-5-16-14-17-8-10-20-19(21(17)15-23(16)25-7-3)12-13-24(4)18(6-2)9-11-22(20)24/h5-6,14-15,19-20,22H,1,7-13H2,2-4H3/t19?,20?,22?,24-/m1/s1. The van der Waals surface area contributed by atoms with E-state index in [0.29, 0.717) is 5.41 Å². The van der Waals surface area contributed by atoms with E-state index in [2.05, 4.69) is 45.6 Å². The second-order valence-electron chi connectivity index (χ2n) is 8.45. The van der Waals surface area contributed by atoms with Crippen LogP contribution < -0.4 is 4.74 Å². The highest BCUT2D eigenvalue weighted by Crippen LogP contribution is 2.62. The molecule has 1 aromatic carbocycles. The summed E-state index contributed by atoms with van der Waals surface area (Å²) in [5.41, 5.74) is 6.50. The highest BCUT2D eigenvalue weighted by Gasteiger charge is 2.52. The van der Waals surface area contributed by atoms with Crippen LogP contribution in [0.1, 0.15) is 75.5 Å². The molecule has 25 heavy (non-hydrogen) atoms. The van der Waals surface area contributed by atoms with Gasteiger partial charge in [-0.1, -0.05) is 31.2 Å². The van der Waals surface area contributed by atoms with Gasteiger partial charge in [0.25, 0.3) is 0 Å². The molecular formula is C24H32O. The van der Waals surface area contributed by atoms with Crippen molar-refractivity contribution < 1.29 is 4.74 Å². The van der Waals surface area contributed by atoms with E-state index < -0.39 is 0 Å². The molecule has 3 aliphatic rings. The van der Waals surface area contributed by atoms with Crippen LogP contribution in [0.3, 0.4) is 0 Å². The molecule has 1 aromatic rings. The van der Waals surface area contributed by atoms with Crippen molar-refractivity contribution in [2.24, 2.45) is 17.3 Å². The molecule has 0 N–H and O–H groups in total. The highest BCUT2D eigenvalue weighted by atomic mass is 16.5. The minimum absolute atomic E-state index is 0.469. The first kappa shape index (κ1) is 16.9. The molecular weight excluding hydrogens is 304 g/mol. The summed E-state index contributed by atoms with van der Waals surface area (Å²) in [4.78, 5) is 0. The van der Waals surface area contributed by atoms with Gasteiger partial charge in [-0.05, 0) is 98.8 Å². The van der Waals surface area contributed by atoms with Gasteiger partial charge in [-0.2, -0.15) is 0 Å². The quantitative estimate of drug-likeness (QED) is 0.570. The Kier molecular flexibility index (Phi) is 4.30. The van der Waals surface area contributed by atoms with E-state index >= 15 is 0 Å². The lowest BCUT2D eigenvalue weighted by Gasteiger charge is -2.49. The Balaban J connectivity index is 1.72. The van der Waals surface area contributed by atoms with Crippen molar-refractivity contribution >= 4 is 6.08 Å². The Bertz CT molecular complexity index is 713. The van der Waals surface area contributed by atoms with E-state index in [4.69, 9.17) is 4.74 Å². The topological polar surface area (TPSA) is 9.23 Å². The average molecular weight is 337 g/mol. The summed E-state index contributed by atoms with van der Waals surface area (Å²) in [5.74, 6) is 3.50. The van der Waals surface area contributed by atoms with Crippen LogP contribution in [-0.2, 0) is 6.42 Å². The molecule has 3 unspecified atom stereocenters. The Hall–Kier alpha value is -1.50. The smallest absolute Gasteiger partial charge is 0.126 e. The summed E-state index contributed by atoms with van der Waals surface area (Å²) in [6.07, 6.45) is 12.4. The molecule has 0 radical (unpaired) electrons. The SMILES string of the molecule is C=Cc1cc2c(cc1OCC)C1CC[C@]3(C)C(=CC)CCC3C1CC2. The Morgan fingerprint density at radius 3 is 2.80 bits per heavy atom. The normalized spacial score (nSPS) is 35.0. The third-order valence-electron chi connectivity index (χ3n) is 7.57. The number of allylic oxidation sites excluding steroid dienone is 2. The van der Waals surface area contributed by atoms with Gasteiger partial charge in [-0.25, -0.2) is 0 Å². The van der Waals surface area contributed by atoms with Gasteiger partial charge in [0, 0.05) is 5.56 Å². The van der Waals surface area contributed by atoms with Crippen molar-refractivity contribution in [2.45, 2.75) is 65.2 Å². The molecule has 134 valence electrons. The van der Waals surface area contributed by atoms with E-state index in [1.165, 1.54) is 38.5 Å². The van der Waals surface area contributed by atoms with Crippen LogP contribution in [0, 0.1) is 17.3 Å². The Labute approximate surface area is 153 Å². The zero-order valence-corrected chi connectivity index (χ0v) is 16.1. The van der Waals surface area contributed by atoms with E-state index in [9.17, 15) is 0 Å². The minimum Gasteiger partial charge on any atom is -0.493 e. The largest absolute Gasteiger partial charge is 0.493 e. The summed E-state index contributed by atoms with van der Waals surface area (Å²) in [5, 5.41) is 0. The number of ether oxygens (including phenoxy) is 1. The van der Waals surface area contributed by atoms with Gasteiger partial charge in [0.05, 0.1) is 6.61 Å². The molecule has 0 spiro atoms. The van der Waals surface area contributed by atoms with Crippen LogP contribution in [0.2, 0.25) is 0 Å². The molecule has 4 atom stereocenters. The molecule has 0 saturated heterocycles. The maximum atomic E-state index is 5.93. The fourth-order valence-corrected chi connectivity index (χ4v) is 6.38. The third kappa shape index (κ3) is 2.50. The molecule has 0 amide bonds. The van der Waals surface area contributed by atoms with Crippen molar-refractivity contribution in [2.75, 3.05) is 6.61 Å². The van der Waals surface area contributed by atoms with Crippen molar-refractivity contribution in [3.8, 4) is 5.75 Å². The first-order valence-electron chi connectivity index (χ1n) is 10.2. The molecule has 0 aromatic heterocycles. The molecule has 0 aliphatic heterocycles. The number of benzene rings is 1. The van der Waals surface area contributed by atoms with Gasteiger partial charge < -0.3 is 4.74 Å². The summed E-state index contributed by atoms with van der Waals surface area (Å²) < 4.78 is 5.93. The number of aryl methyl sites for hydroxylation is 1. The van der Waals surface area contributed by atoms with Crippen molar-refractivity contribution in [1.29, 1.82) is 0 Å². The van der Waals surface area contributed by atoms with Crippen LogP contribution in [0.15, 0.2) is 30.4 Å². The third-order valence-corrected chi connectivity index (χ3v) is 7.57. The number of rotatable bonds is 3. The van der Waals surface area contributed by atoms with Crippen LogP contribution >= 0.6 is 0 Å². The summed E-state index contributed by atoms with van der Waals surface area (Å²) in [7, 11) is 0. The van der Waals surface area contributed by atoms with Crippen LogP contribution in [0.5, 0.6) is 5.75 Å². The fraction of sp³-hybridized carbons (Fsp3) is 0.583. The van der Waals surface area contributed by atoms with E-state index in [0.717, 1.165) is 35.7 Å². The van der Waals surface area contributed by atoms with Crippen molar-refractivity contribution in [3.05, 3.63) is 47.1 Å². The molecule has 1 nitrogen and oxygen atoms in total. The van der Waals surface area contributed by atoms with Crippen LogP contribution in [0.4, 0.5) is 0 Å². The predicted molar refractivity (Wildman–Crippen MR) is 106 cm³/mol. The van der Waals surface area contributed by atoms with E-state index in [1.807, 2.05) is 6.08 Å². The molecule has 1 heteroatoms. The Morgan fingerprint density at radius 2 is 2.08 bits per heavy atom. The van der Waals surface area contributed by atoms with Crippen LogP contribution in [-0.4, -0.2) is 6.61 Å². The number of hydrogen-bond acceptors (Lipinski definition) is 1. The molecule has 3 aliphatic carbocycles. The highest BCUT2D eigenvalue weighted by molar-refractivity contribution is 5.60. The average Bonchev–Trinajstić information content (AvgIpc) is 2.97. The fourth-order valence-electron chi connectivity index (χ4n) is 6.38. The second kappa shape index (κ2) is 6.34. The molecule has 2 saturated carbocycles. The van der Waals surface area contributed by atoms with Gasteiger partial charge in [0.1, 0.15) is 5.75 Å². The van der Waals surface area contributed by atoms with Gasteiger partial charge in [0.2, 0.25) is 0 Å². The first-order valence-corrected chi connectivity index (χ1v) is 10.2. The lowest BCUT2D eigenvalue weighted by molar-refractivity contribution is 0.0812. The maximum Gasteiger partial charge on any atom is 0.126 e. The summed E-state index contributed by atoms with van der Waals surface area (Å²) in [6.45, 7) is 11.6. The minimum atomic E-state index is 0.469. The number of fused-ring (bicyclic) bond motifs is 5. The van der Waals surface area contributed by atoms with Gasteiger partial charge in [-0.15, -0.1) is 0 Å². The van der Waals surface area contributed by atoms with Crippen molar-refractivity contribution in [1.82, 2.24) is 0 Å². The zero-order valence-electron chi connectivity index (χ0n) is 16.1. The lowest BCUT2D eigenvalue weighted by atomic mass is 9.55. The predicted octanol–water partition coefficient (Wildman–Crippen LogP) is 6.53. The number of hydrogen-bond donors (Lipinski definition) is 0. The molecule has 4 rings (SSSR count). The van der Waals surface area contributed by atoms with E-state index in [-0.39, 0.29) is 0 Å².